The first-order valence-corrected chi connectivity index (χ1v) is 8.75. The Kier molecular flexibility index (Phi) is 6.56. The maximum atomic E-state index is 10.4. The van der Waals surface area contributed by atoms with Crippen molar-refractivity contribution in [2.45, 2.75) is 13.8 Å². The van der Waals surface area contributed by atoms with Gasteiger partial charge >= 0.3 is 11.4 Å². The molecule has 29 heavy (non-hydrogen) atoms. The summed E-state index contributed by atoms with van der Waals surface area (Å²) in [5, 5.41) is 41.3. The molecule has 0 saturated carbocycles. The van der Waals surface area contributed by atoms with Gasteiger partial charge < -0.3 is 9.84 Å². The smallest absolute Gasteiger partial charge is 0.324 e. The molecule has 0 unspecified atom stereocenters. The van der Waals surface area contributed by atoms with Gasteiger partial charge in [-0.15, -0.1) is 11.3 Å². The number of nitrogens with zero attached hydrogens (tertiary/aromatic N) is 4. The van der Waals surface area contributed by atoms with E-state index in [2.05, 4.69) is 11.1 Å². The molecule has 0 fully saturated rings. The van der Waals surface area contributed by atoms with E-state index in [4.69, 9.17) is 9.84 Å². The number of thiazole rings is 1. The molecule has 0 amide bonds. The average Bonchev–Trinajstić information content (AvgIpc) is 3.01. The molecule has 1 N–H and O–H groups in total. The van der Waals surface area contributed by atoms with Gasteiger partial charge in [0, 0.05) is 6.07 Å². The van der Waals surface area contributed by atoms with E-state index >= 15 is 0 Å². The van der Waals surface area contributed by atoms with Crippen molar-refractivity contribution in [1.29, 1.82) is 0 Å². The van der Waals surface area contributed by atoms with Crippen LogP contribution in [0.2, 0.25) is 0 Å². The minimum atomic E-state index is -1.21. The Morgan fingerprint density at radius 3 is 2.10 bits per heavy atom. The first kappa shape index (κ1) is 21.4. The monoisotopic (exact) mass is 422 g/mol. The van der Waals surface area contributed by atoms with Crippen molar-refractivity contribution in [3.05, 3.63) is 65.7 Å². The Morgan fingerprint density at radius 1 is 1.03 bits per heavy atom. The second kappa shape index (κ2) is 8.88. The van der Waals surface area contributed by atoms with E-state index in [9.17, 15) is 30.3 Å². The van der Waals surface area contributed by atoms with E-state index in [1.165, 1.54) is 4.70 Å². The number of fused-ring (bicyclic) bond motifs is 1. The number of ether oxygens (including phenoxy) is 1. The van der Waals surface area contributed by atoms with Crippen LogP contribution in [0.5, 0.6) is 11.5 Å². The summed E-state index contributed by atoms with van der Waals surface area (Å²) in [7, 11) is 0. The summed E-state index contributed by atoms with van der Waals surface area (Å²) in [6.45, 7) is 4.70. The summed E-state index contributed by atoms with van der Waals surface area (Å²) < 4.78 is 6.61. The quantitative estimate of drug-likeness (QED) is 0.468. The van der Waals surface area contributed by atoms with Gasteiger partial charge in [-0.1, -0.05) is 0 Å². The lowest BCUT2D eigenvalue weighted by Gasteiger charge is -2.00. The zero-order chi connectivity index (χ0) is 21.7. The zero-order valence-electron chi connectivity index (χ0n) is 15.1. The summed E-state index contributed by atoms with van der Waals surface area (Å²) in [5.41, 5.74) is -1.97. The molecule has 12 nitrogen and oxygen atoms in total. The van der Waals surface area contributed by atoms with Crippen LogP contribution in [0.1, 0.15) is 11.9 Å². The van der Waals surface area contributed by atoms with Crippen LogP contribution in [0, 0.1) is 37.3 Å². The molecule has 0 bridgehead atoms. The van der Waals surface area contributed by atoms with Crippen LogP contribution >= 0.6 is 11.3 Å². The van der Waals surface area contributed by atoms with Crippen molar-refractivity contribution in [1.82, 2.24) is 4.98 Å². The summed E-state index contributed by atoms with van der Waals surface area (Å²) in [6, 6.07) is 6.93. The molecule has 2 aromatic carbocycles. The van der Waals surface area contributed by atoms with E-state index in [1.807, 2.05) is 26.0 Å². The van der Waals surface area contributed by atoms with E-state index in [-0.39, 0.29) is 0 Å². The van der Waals surface area contributed by atoms with Crippen LogP contribution in [0.4, 0.5) is 17.1 Å². The first-order chi connectivity index (χ1) is 13.6. The summed E-state index contributed by atoms with van der Waals surface area (Å²) in [4.78, 5) is 32.2. The Morgan fingerprint density at radius 2 is 1.62 bits per heavy atom. The molecule has 0 aliphatic carbocycles. The third kappa shape index (κ3) is 5.10. The Labute approximate surface area is 166 Å². The molecule has 0 radical (unpaired) electrons. The number of hydrogen-bond acceptors (Lipinski definition) is 10. The molecule has 1 aromatic heterocycles. The highest BCUT2D eigenvalue weighted by Crippen LogP contribution is 2.38. The van der Waals surface area contributed by atoms with Crippen molar-refractivity contribution >= 4 is 38.6 Å². The third-order valence-electron chi connectivity index (χ3n) is 3.44. The van der Waals surface area contributed by atoms with Crippen LogP contribution in [0.15, 0.2) is 30.3 Å². The molecule has 0 saturated heterocycles. The summed E-state index contributed by atoms with van der Waals surface area (Å²) >= 11 is 1.71. The molecule has 0 aliphatic heterocycles. The van der Waals surface area contributed by atoms with Gasteiger partial charge in [0.05, 0.1) is 48.7 Å². The highest BCUT2D eigenvalue weighted by Gasteiger charge is 2.30. The van der Waals surface area contributed by atoms with Crippen molar-refractivity contribution in [3.8, 4) is 11.5 Å². The van der Waals surface area contributed by atoms with E-state index < -0.39 is 37.6 Å². The Bertz CT molecular complexity index is 1060. The highest BCUT2D eigenvalue weighted by atomic mass is 32.1. The molecule has 1 heterocycles. The molecule has 13 heteroatoms. The van der Waals surface area contributed by atoms with Gasteiger partial charge in [-0.05, 0) is 26.0 Å². The lowest BCUT2D eigenvalue weighted by atomic mass is 10.2. The molecule has 0 spiro atoms. The van der Waals surface area contributed by atoms with Gasteiger partial charge in [-0.3, -0.25) is 30.3 Å². The van der Waals surface area contributed by atoms with E-state index in [0.717, 1.165) is 16.3 Å². The minimum Gasteiger partial charge on any atom is -0.497 e. The summed E-state index contributed by atoms with van der Waals surface area (Å²) in [5.74, 6) is -0.305. The Balaban J connectivity index is 0.000000211. The van der Waals surface area contributed by atoms with Crippen LogP contribution in [-0.4, -0.2) is 31.5 Å². The van der Waals surface area contributed by atoms with E-state index in [1.54, 1.807) is 11.3 Å². The van der Waals surface area contributed by atoms with Crippen molar-refractivity contribution in [2.75, 3.05) is 6.61 Å². The number of nitro groups is 3. The number of phenols is 1. The molecular weight excluding hydrogens is 408 g/mol. The Hall–Kier alpha value is -3.87. The fraction of sp³-hybridized carbons (Fsp3) is 0.188. The first-order valence-electron chi connectivity index (χ1n) is 7.94. The predicted molar refractivity (Wildman–Crippen MR) is 104 cm³/mol. The van der Waals surface area contributed by atoms with Gasteiger partial charge in [0.15, 0.2) is 0 Å². The fourth-order valence-electron chi connectivity index (χ4n) is 2.25. The van der Waals surface area contributed by atoms with Crippen molar-refractivity contribution < 1.29 is 24.6 Å². The molecule has 152 valence electrons. The molecule has 0 aliphatic rings. The third-order valence-corrected chi connectivity index (χ3v) is 4.39. The second-order valence-corrected chi connectivity index (χ2v) is 6.63. The van der Waals surface area contributed by atoms with Crippen LogP contribution < -0.4 is 4.74 Å². The molecule has 3 rings (SSSR count). The van der Waals surface area contributed by atoms with Gasteiger partial charge in [-0.25, -0.2) is 4.98 Å². The van der Waals surface area contributed by atoms with Crippen molar-refractivity contribution in [3.63, 3.8) is 0 Å². The number of rotatable bonds is 5. The number of phenolic OH excluding ortho intramolecular Hbond substituents is 1. The maximum Gasteiger partial charge on any atom is 0.324 e. The fourth-order valence-corrected chi connectivity index (χ4v) is 3.06. The lowest BCUT2D eigenvalue weighted by Crippen LogP contribution is -1.97. The number of aryl methyl sites for hydroxylation is 1. The van der Waals surface area contributed by atoms with Crippen LogP contribution in [0.3, 0.4) is 0 Å². The molecule has 0 atom stereocenters. The number of benzene rings is 2. The van der Waals surface area contributed by atoms with Gasteiger partial charge in [0.2, 0.25) is 0 Å². The summed E-state index contributed by atoms with van der Waals surface area (Å²) in [6.07, 6.45) is 0. The molecular formula is C16H14N4O8S. The number of non-ortho nitro benzene ring substituents is 1. The lowest BCUT2D eigenvalue weighted by molar-refractivity contribution is -0.404. The average molecular weight is 422 g/mol. The van der Waals surface area contributed by atoms with Crippen LogP contribution in [0.25, 0.3) is 10.2 Å². The normalized spacial score (nSPS) is 10.1. The van der Waals surface area contributed by atoms with Gasteiger partial charge in [0.25, 0.3) is 11.4 Å². The standard InChI is InChI=1S/C10H11NOS.C6H3N3O7/c1-3-12-8-4-5-10-9(6-8)11-7(2)13-10;10-6-4(8(13)14)1-3(7(11)12)2-5(6)9(15)16/h4-6H,3H2,1-2H3;1-2,10H. The predicted octanol–water partition coefficient (Wildman–Crippen LogP) is 4.12. The largest absolute Gasteiger partial charge is 0.497 e. The zero-order valence-corrected chi connectivity index (χ0v) is 15.9. The van der Waals surface area contributed by atoms with Crippen molar-refractivity contribution in [2.24, 2.45) is 0 Å². The number of nitro benzene ring substituents is 3. The molecule has 3 aromatic rings. The van der Waals surface area contributed by atoms with E-state index in [0.29, 0.717) is 18.7 Å². The number of aromatic nitrogens is 1. The van der Waals surface area contributed by atoms with Gasteiger partial charge in [-0.2, -0.15) is 0 Å². The second-order valence-electron chi connectivity index (χ2n) is 5.40. The number of hydrogen-bond donors (Lipinski definition) is 1. The maximum absolute atomic E-state index is 10.4. The van der Waals surface area contributed by atoms with Gasteiger partial charge in [0.1, 0.15) is 5.75 Å². The minimum absolute atomic E-state index is 0.447. The SMILES string of the molecule is CCOc1ccc2sc(C)nc2c1.O=[N+]([O-])c1cc([N+](=O)[O-])c(O)c([N+](=O)[O-])c1. The number of aromatic hydroxyl groups is 1. The topological polar surface area (TPSA) is 172 Å². The highest BCUT2D eigenvalue weighted by molar-refractivity contribution is 7.18. The van der Waals surface area contributed by atoms with Crippen LogP contribution in [-0.2, 0) is 0 Å².